The van der Waals surface area contributed by atoms with E-state index < -0.39 is 12.1 Å². The summed E-state index contributed by atoms with van der Waals surface area (Å²) in [4.78, 5) is 26.4. The third-order valence-corrected chi connectivity index (χ3v) is 5.47. The van der Waals surface area contributed by atoms with E-state index in [1.165, 1.54) is 21.8 Å². The smallest absolute Gasteiger partial charge is 0.349 e. The molecule has 2 aromatic rings. The number of fused-ring (bicyclic) bond motifs is 1. The second-order valence-electron chi connectivity index (χ2n) is 6.27. The van der Waals surface area contributed by atoms with Crippen molar-refractivity contribution in [2.75, 3.05) is 5.32 Å². The Morgan fingerprint density at radius 2 is 2.00 bits per heavy atom. The number of anilines is 1. The van der Waals surface area contributed by atoms with Crippen LogP contribution in [0.1, 0.15) is 44.6 Å². The van der Waals surface area contributed by atoms with Crippen LogP contribution >= 0.6 is 11.3 Å². The summed E-state index contributed by atoms with van der Waals surface area (Å²) in [6, 6.07) is 7.76. The maximum atomic E-state index is 12.3. The third kappa shape index (κ3) is 3.51. The van der Waals surface area contributed by atoms with Crippen LogP contribution in [-0.4, -0.2) is 18.0 Å². The molecule has 126 valence electrons. The molecule has 0 saturated carbocycles. The van der Waals surface area contributed by atoms with Gasteiger partial charge in [0.2, 0.25) is 0 Å². The van der Waals surface area contributed by atoms with Crippen LogP contribution in [0.2, 0.25) is 0 Å². The lowest BCUT2D eigenvalue weighted by Crippen LogP contribution is -2.30. The Kier molecular flexibility index (Phi) is 4.71. The highest BCUT2D eigenvalue weighted by Gasteiger charge is 2.23. The third-order valence-electron chi connectivity index (χ3n) is 4.25. The highest BCUT2D eigenvalue weighted by molar-refractivity contribution is 7.14. The van der Waals surface area contributed by atoms with E-state index in [-0.39, 0.29) is 5.91 Å². The summed E-state index contributed by atoms with van der Waals surface area (Å²) >= 11 is 1.49. The molecule has 0 spiro atoms. The Bertz CT molecular complexity index is 772. The number of carbonyl (C=O) groups is 2. The van der Waals surface area contributed by atoms with Gasteiger partial charge in [0, 0.05) is 10.6 Å². The number of hydrogen-bond donors (Lipinski definition) is 1. The minimum Gasteiger partial charge on any atom is -0.448 e. The normalized spacial score (nSPS) is 14.1. The zero-order valence-electron chi connectivity index (χ0n) is 14.1. The predicted molar refractivity (Wildman–Crippen MR) is 95.8 cm³/mol. The molecule has 3 rings (SSSR count). The summed E-state index contributed by atoms with van der Waals surface area (Å²) in [5.74, 6) is -0.737. The molecule has 0 bridgehead atoms. The molecule has 24 heavy (non-hydrogen) atoms. The van der Waals surface area contributed by atoms with Gasteiger partial charge in [0.1, 0.15) is 4.88 Å². The zero-order chi connectivity index (χ0) is 17.3. The van der Waals surface area contributed by atoms with E-state index in [1.54, 1.807) is 6.92 Å². The van der Waals surface area contributed by atoms with Gasteiger partial charge in [0.25, 0.3) is 5.91 Å². The van der Waals surface area contributed by atoms with Gasteiger partial charge < -0.3 is 10.1 Å². The molecular formula is C19H21NO3S. The number of thiophene rings is 1. The van der Waals surface area contributed by atoms with Gasteiger partial charge in [-0.05, 0) is 68.9 Å². The van der Waals surface area contributed by atoms with Crippen molar-refractivity contribution in [3.8, 4) is 0 Å². The van der Waals surface area contributed by atoms with Crippen LogP contribution in [-0.2, 0) is 22.4 Å². The quantitative estimate of drug-likeness (QED) is 0.853. The molecule has 1 aromatic carbocycles. The first kappa shape index (κ1) is 16.7. The Morgan fingerprint density at radius 1 is 1.21 bits per heavy atom. The van der Waals surface area contributed by atoms with Crippen LogP contribution in [0.5, 0.6) is 0 Å². The van der Waals surface area contributed by atoms with Gasteiger partial charge in [-0.25, -0.2) is 4.79 Å². The first-order valence-electron chi connectivity index (χ1n) is 8.14. The lowest BCUT2D eigenvalue weighted by molar-refractivity contribution is -0.123. The van der Waals surface area contributed by atoms with Crippen LogP contribution in [0, 0.1) is 13.8 Å². The number of aryl methyl sites for hydroxylation is 4. The molecule has 1 N–H and O–H groups in total. The maximum Gasteiger partial charge on any atom is 0.349 e. The predicted octanol–water partition coefficient (Wildman–Crippen LogP) is 4.04. The van der Waals surface area contributed by atoms with Crippen LogP contribution in [0.3, 0.4) is 0 Å². The van der Waals surface area contributed by atoms with E-state index in [9.17, 15) is 9.59 Å². The topological polar surface area (TPSA) is 55.4 Å². The van der Waals surface area contributed by atoms with E-state index in [2.05, 4.69) is 5.32 Å². The average Bonchev–Trinajstić information content (AvgIpc) is 3.12. The number of rotatable bonds is 4. The van der Waals surface area contributed by atoms with Gasteiger partial charge in [-0.2, -0.15) is 0 Å². The average molecular weight is 343 g/mol. The fourth-order valence-electron chi connectivity index (χ4n) is 2.81. The van der Waals surface area contributed by atoms with Crippen LogP contribution in [0.25, 0.3) is 0 Å². The second-order valence-corrected chi connectivity index (χ2v) is 7.40. The molecule has 1 aliphatic carbocycles. The molecule has 1 aromatic heterocycles. The molecule has 5 heteroatoms. The highest BCUT2D eigenvalue weighted by Crippen LogP contribution is 2.31. The van der Waals surface area contributed by atoms with E-state index in [4.69, 9.17) is 4.74 Å². The van der Waals surface area contributed by atoms with Gasteiger partial charge in [0.15, 0.2) is 6.10 Å². The molecule has 0 fully saturated rings. The summed E-state index contributed by atoms with van der Waals surface area (Å²) in [6.45, 7) is 5.49. The van der Waals surface area contributed by atoms with E-state index >= 15 is 0 Å². The standard InChI is InChI=1S/C19H21NO3S/c1-11-7-8-12(2)15(9-11)20-18(21)13(3)23-19(22)17-10-14-5-4-6-16(14)24-17/h7-10,13H,4-6H2,1-3H3,(H,20,21)/t13-/m0/s1. The maximum absolute atomic E-state index is 12.3. The van der Waals surface area contributed by atoms with Crippen molar-refractivity contribution < 1.29 is 14.3 Å². The minimum absolute atomic E-state index is 0.318. The van der Waals surface area contributed by atoms with Crippen molar-refractivity contribution in [1.29, 1.82) is 0 Å². The highest BCUT2D eigenvalue weighted by atomic mass is 32.1. The zero-order valence-corrected chi connectivity index (χ0v) is 15.0. The number of hydrogen-bond acceptors (Lipinski definition) is 4. The van der Waals surface area contributed by atoms with Crippen molar-refractivity contribution in [1.82, 2.24) is 0 Å². The monoisotopic (exact) mass is 343 g/mol. The first-order chi connectivity index (χ1) is 11.4. The van der Waals surface area contributed by atoms with Crippen LogP contribution in [0.4, 0.5) is 5.69 Å². The number of ether oxygens (including phenoxy) is 1. The first-order valence-corrected chi connectivity index (χ1v) is 8.96. The second kappa shape index (κ2) is 6.77. The molecular weight excluding hydrogens is 322 g/mol. The number of amides is 1. The summed E-state index contributed by atoms with van der Waals surface area (Å²) < 4.78 is 5.34. The fraction of sp³-hybridized carbons (Fsp3) is 0.368. The largest absolute Gasteiger partial charge is 0.448 e. The van der Waals surface area contributed by atoms with E-state index in [1.807, 2.05) is 38.1 Å². The Labute approximate surface area is 145 Å². The van der Waals surface area contributed by atoms with Gasteiger partial charge in [0.05, 0.1) is 0 Å². The lowest BCUT2D eigenvalue weighted by atomic mass is 10.1. The molecule has 0 aliphatic heterocycles. The summed E-state index contributed by atoms with van der Waals surface area (Å²) in [5, 5.41) is 2.83. The fourth-order valence-corrected chi connectivity index (χ4v) is 3.94. The van der Waals surface area contributed by atoms with E-state index in [0.717, 1.165) is 36.1 Å². The summed E-state index contributed by atoms with van der Waals surface area (Å²) in [6.07, 6.45) is 2.39. The van der Waals surface area contributed by atoms with Crippen LogP contribution in [0.15, 0.2) is 24.3 Å². The molecule has 4 nitrogen and oxygen atoms in total. The molecule has 1 aliphatic rings. The summed E-state index contributed by atoms with van der Waals surface area (Å²) in [7, 11) is 0. The Hall–Kier alpha value is -2.14. The number of benzene rings is 1. The van der Waals surface area contributed by atoms with Crippen molar-refractivity contribution >= 4 is 28.9 Å². The molecule has 0 radical (unpaired) electrons. The number of esters is 1. The molecule has 0 saturated heterocycles. The van der Waals surface area contributed by atoms with Gasteiger partial charge >= 0.3 is 5.97 Å². The minimum atomic E-state index is -0.839. The molecule has 0 unspecified atom stereocenters. The van der Waals surface area contributed by atoms with Crippen molar-refractivity contribution in [2.24, 2.45) is 0 Å². The van der Waals surface area contributed by atoms with E-state index in [0.29, 0.717) is 4.88 Å². The van der Waals surface area contributed by atoms with Gasteiger partial charge in [-0.15, -0.1) is 11.3 Å². The van der Waals surface area contributed by atoms with Crippen LogP contribution < -0.4 is 5.32 Å². The molecule has 1 heterocycles. The molecule has 1 atom stereocenters. The van der Waals surface area contributed by atoms with Crippen molar-refractivity contribution in [3.05, 3.63) is 50.7 Å². The Morgan fingerprint density at radius 3 is 2.75 bits per heavy atom. The van der Waals surface area contributed by atoms with Crippen molar-refractivity contribution in [2.45, 2.75) is 46.1 Å². The SMILES string of the molecule is Cc1ccc(C)c(NC(=O)[C@H](C)OC(=O)c2cc3c(s2)CCC3)c1. The Balaban J connectivity index is 1.63. The number of carbonyl (C=O) groups excluding carboxylic acids is 2. The summed E-state index contributed by atoms with van der Waals surface area (Å²) in [5.41, 5.74) is 4.04. The molecule has 1 amide bonds. The van der Waals surface area contributed by atoms with Gasteiger partial charge in [-0.1, -0.05) is 12.1 Å². The number of nitrogens with one attached hydrogen (secondary N) is 1. The van der Waals surface area contributed by atoms with Gasteiger partial charge in [-0.3, -0.25) is 4.79 Å². The van der Waals surface area contributed by atoms with Crippen molar-refractivity contribution in [3.63, 3.8) is 0 Å². The lowest BCUT2D eigenvalue weighted by Gasteiger charge is -2.14.